The third kappa shape index (κ3) is 11.2. The first-order valence-corrected chi connectivity index (χ1v) is 22.2. The number of nitrogens with zero attached hydrogens (tertiary/aromatic N) is 5. The van der Waals surface area contributed by atoms with Crippen LogP contribution in [0.2, 0.25) is 0 Å². The zero-order valence-electron chi connectivity index (χ0n) is 35.7. The van der Waals surface area contributed by atoms with Crippen molar-refractivity contribution in [3.05, 3.63) is 0 Å². The van der Waals surface area contributed by atoms with Gasteiger partial charge in [0.2, 0.25) is 0 Å². The molecule has 0 N–H and O–H groups in total. The highest BCUT2D eigenvalue weighted by Crippen LogP contribution is 2.32. The van der Waals surface area contributed by atoms with Crippen molar-refractivity contribution in [1.29, 1.82) is 0 Å². The second kappa shape index (κ2) is 19.4. The van der Waals surface area contributed by atoms with Gasteiger partial charge in [-0.25, -0.2) is 0 Å². The van der Waals surface area contributed by atoms with Gasteiger partial charge in [0.1, 0.15) is 0 Å². The largest absolute Gasteiger partial charge is 0.378 e. The molecule has 0 radical (unpaired) electrons. The molecule has 10 heteroatoms. The van der Waals surface area contributed by atoms with Crippen LogP contribution >= 0.6 is 0 Å². The quantitative estimate of drug-likeness (QED) is 0.360. The fourth-order valence-electron chi connectivity index (χ4n) is 10.7. The monoisotopic (exact) mass is 748 g/mol. The SMILES string of the molecule is CC(C)N1C2CCC1COC2.CC(C)N1CC2CC(C1)O2.CC(C)N1CC2CC1CO2.CC(C)N1CC2CCC(C1)O2.CC(C)N1CC2CCC1CO2. The first-order chi connectivity index (χ1) is 25.3. The molecule has 12 saturated heterocycles. The lowest BCUT2D eigenvalue weighted by atomic mass is 9.96. The third-order valence-corrected chi connectivity index (χ3v) is 13.7. The van der Waals surface area contributed by atoms with E-state index in [-0.39, 0.29) is 0 Å². The number of likely N-dealkylation sites (tertiary alicyclic amines) is 2. The van der Waals surface area contributed by atoms with E-state index in [4.69, 9.17) is 23.7 Å². The first kappa shape index (κ1) is 42.2. The van der Waals surface area contributed by atoms with Crippen LogP contribution in [0.15, 0.2) is 0 Å². The molecule has 12 rings (SSSR count). The van der Waals surface area contributed by atoms with Gasteiger partial charge in [0.15, 0.2) is 0 Å². The van der Waals surface area contributed by atoms with Gasteiger partial charge >= 0.3 is 0 Å². The minimum absolute atomic E-state index is 0.544. The van der Waals surface area contributed by atoms with Gasteiger partial charge in [-0.3, -0.25) is 24.5 Å². The zero-order chi connectivity index (χ0) is 37.8. The average Bonchev–Trinajstić information content (AvgIpc) is 3.92. The van der Waals surface area contributed by atoms with E-state index in [9.17, 15) is 0 Å². The Morgan fingerprint density at radius 1 is 0.377 bits per heavy atom. The molecule has 12 fully saturated rings. The molecule has 53 heavy (non-hydrogen) atoms. The standard InChI is InChI=1S/3C9H17NO.2C8H15NO/c1-7(2)10-5-9-4-3-8(10)6-11-9;1-7(2)10-8-3-4-9(10)6-11-5-8;1-7(2)10-5-8-3-4-9(6-10)11-8;1-6(2)9-4-8-3-7(9)5-10-8;1-6(2)9-4-7-3-8(5-9)10-7/h3*7-9H,3-6H2,1-2H3;2*6-8H,3-5H2,1-2H3. The van der Waals surface area contributed by atoms with Crippen molar-refractivity contribution in [3.8, 4) is 0 Å². The van der Waals surface area contributed by atoms with Gasteiger partial charge in [0.25, 0.3) is 0 Å². The lowest BCUT2D eigenvalue weighted by Gasteiger charge is -2.48. The van der Waals surface area contributed by atoms with E-state index in [0.717, 1.165) is 76.8 Å². The molecule has 12 aliphatic rings. The van der Waals surface area contributed by atoms with Crippen LogP contribution in [-0.4, -0.2) is 181 Å². The van der Waals surface area contributed by atoms with Crippen LogP contribution in [0, 0.1) is 0 Å². The lowest BCUT2D eigenvalue weighted by molar-refractivity contribution is -0.185. The molecule has 0 amide bonds. The van der Waals surface area contributed by atoms with Crippen molar-refractivity contribution in [2.24, 2.45) is 0 Å². The first-order valence-electron chi connectivity index (χ1n) is 22.2. The van der Waals surface area contributed by atoms with Crippen molar-refractivity contribution < 1.29 is 23.7 Å². The zero-order valence-corrected chi connectivity index (χ0v) is 35.7. The predicted octanol–water partition coefficient (Wildman–Crippen LogP) is 5.51. The summed E-state index contributed by atoms with van der Waals surface area (Å²) >= 11 is 0. The fourth-order valence-corrected chi connectivity index (χ4v) is 10.7. The maximum absolute atomic E-state index is 5.74. The molecule has 0 aliphatic carbocycles. The van der Waals surface area contributed by atoms with E-state index in [1.807, 2.05) is 0 Å². The number of fused-ring (bicyclic) bond motifs is 11. The summed E-state index contributed by atoms with van der Waals surface area (Å²) in [4.78, 5) is 12.8. The van der Waals surface area contributed by atoms with E-state index in [1.165, 1.54) is 64.5 Å². The van der Waals surface area contributed by atoms with Crippen LogP contribution in [0.1, 0.15) is 121 Å². The molecule has 12 aliphatic heterocycles. The summed E-state index contributed by atoms with van der Waals surface area (Å²) in [6, 6.07) is 6.44. The van der Waals surface area contributed by atoms with Crippen LogP contribution in [0.5, 0.6) is 0 Å². The minimum Gasteiger partial charge on any atom is -0.378 e. The Hall–Kier alpha value is -0.400. The van der Waals surface area contributed by atoms with Crippen LogP contribution in [0.3, 0.4) is 0 Å². The Bertz CT molecular complexity index is 1040. The van der Waals surface area contributed by atoms with Crippen molar-refractivity contribution in [3.63, 3.8) is 0 Å². The number of piperidine rings is 2. The molecule has 10 bridgehead atoms. The van der Waals surface area contributed by atoms with Gasteiger partial charge in [-0.2, -0.15) is 0 Å². The van der Waals surface area contributed by atoms with Crippen LogP contribution in [0.25, 0.3) is 0 Å². The lowest BCUT2D eigenvalue weighted by Crippen LogP contribution is -2.58. The molecular formula is C43H81N5O5. The summed E-state index contributed by atoms with van der Waals surface area (Å²) in [6.07, 6.45) is 13.8. The molecule has 10 unspecified atom stereocenters. The van der Waals surface area contributed by atoms with E-state index in [2.05, 4.69) is 93.7 Å². The Balaban J connectivity index is 0.000000113. The second-order valence-corrected chi connectivity index (χ2v) is 19.2. The Labute approximate surface area is 324 Å². The van der Waals surface area contributed by atoms with Gasteiger partial charge < -0.3 is 23.7 Å². The molecule has 0 aromatic carbocycles. The summed E-state index contributed by atoms with van der Waals surface area (Å²) in [6.45, 7) is 33.6. The minimum atomic E-state index is 0.544. The Morgan fingerprint density at radius 2 is 0.811 bits per heavy atom. The van der Waals surface area contributed by atoms with Gasteiger partial charge in [0, 0.05) is 100 Å². The number of ether oxygens (including phenoxy) is 5. The van der Waals surface area contributed by atoms with E-state index in [0.29, 0.717) is 66.8 Å². The van der Waals surface area contributed by atoms with Gasteiger partial charge in [-0.05, 0) is 114 Å². The predicted molar refractivity (Wildman–Crippen MR) is 214 cm³/mol. The summed E-state index contributed by atoms with van der Waals surface area (Å²) in [5.74, 6) is 0. The normalized spacial score (nSPS) is 39.0. The Morgan fingerprint density at radius 3 is 1.15 bits per heavy atom. The number of hydrogen-bond acceptors (Lipinski definition) is 10. The molecule has 0 spiro atoms. The summed E-state index contributed by atoms with van der Waals surface area (Å²) in [5, 5.41) is 0. The van der Waals surface area contributed by atoms with Crippen LogP contribution in [-0.2, 0) is 23.7 Å². The summed E-state index contributed by atoms with van der Waals surface area (Å²) in [5.41, 5.74) is 0. The Kier molecular flexibility index (Phi) is 15.4. The molecule has 0 aromatic rings. The third-order valence-electron chi connectivity index (χ3n) is 13.7. The second-order valence-electron chi connectivity index (χ2n) is 19.2. The molecule has 10 atom stereocenters. The van der Waals surface area contributed by atoms with E-state index < -0.39 is 0 Å². The van der Waals surface area contributed by atoms with Gasteiger partial charge in [-0.15, -0.1) is 0 Å². The maximum atomic E-state index is 5.74. The van der Waals surface area contributed by atoms with Crippen molar-refractivity contribution in [2.45, 2.75) is 212 Å². The number of rotatable bonds is 5. The van der Waals surface area contributed by atoms with Crippen LogP contribution < -0.4 is 0 Å². The highest BCUT2D eigenvalue weighted by molar-refractivity contribution is 4.94. The highest BCUT2D eigenvalue weighted by Gasteiger charge is 2.41. The van der Waals surface area contributed by atoms with Gasteiger partial charge in [-0.1, -0.05) is 0 Å². The smallest absolute Gasteiger partial charge is 0.0731 e. The highest BCUT2D eigenvalue weighted by atomic mass is 16.5. The van der Waals surface area contributed by atoms with Gasteiger partial charge in [0.05, 0.1) is 63.1 Å². The van der Waals surface area contributed by atoms with Crippen molar-refractivity contribution >= 4 is 0 Å². The van der Waals surface area contributed by atoms with Crippen LogP contribution in [0.4, 0.5) is 0 Å². The summed E-state index contributed by atoms with van der Waals surface area (Å²) < 4.78 is 27.9. The fraction of sp³-hybridized carbons (Fsp3) is 1.00. The van der Waals surface area contributed by atoms with Crippen molar-refractivity contribution in [2.75, 3.05) is 65.7 Å². The molecular weight excluding hydrogens is 667 g/mol. The number of morpholine rings is 5. The van der Waals surface area contributed by atoms with E-state index >= 15 is 0 Å². The molecule has 12 heterocycles. The molecule has 0 aromatic heterocycles. The van der Waals surface area contributed by atoms with E-state index in [1.54, 1.807) is 0 Å². The molecule has 308 valence electrons. The maximum Gasteiger partial charge on any atom is 0.0731 e. The average molecular weight is 748 g/mol. The molecule has 10 nitrogen and oxygen atoms in total. The topological polar surface area (TPSA) is 62.3 Å². The van der Waals surface area contributed by atoms with Crippen molar-refractivity contribution in [1.82, 2.24) is 24.5 Å². The molecule has 0 saturated carbocycles. The number of hydrogen-bond donors (Lipinski definition) is 0. The summed E-state index contributed by atoms with van der Waals surface area (Å²) in [7, 11) is 0.